The quantitative estimate of drug-likeness (QED) is 0.101. The average Bonchev–Trinajstić information content (AvgIpc) is 2.91. The van der Waals surface area contributed by atoms with Crippen LogP contribution < -0.4 is 9.47 Å². The zero-order chi connectivity index (χ0) is 27.0. The molecule has 0 aliphatic carbocycles. The molecular formula is C34H48Cl2O2. The first-order chi connectivity index (χ1) is 18.6. The largest absolute Gasteiger partial charge is 0.490 e. The molecular weight excluding hydrogens is 511 g/mol. The van der Waals surface area contributed by atoms with Crippen LogP contribution in [0.3, 0.4) is 0 Å². The molecule has 0 atom stereocenters. The molecule has 0 unspecified atom stereocenters. The number of unbranched alkanes of at least 4 members (excludes halogenated alkanes) is 14. The molecule has 3 aromatic rings. The Hall–Kier alpha value is -1.64. The number of rotatable bonds is 20. The Bertz CT molecular complexity index is 1010. The molecule has 210 valence electrons. The van der Waals surface area contributed by atoms with Crippen LogP contribution in [-0.4, -0.2) is 13.2 Å². The molecule has 0 spiro atoms. The van der Waals surface area contributed by atoms with Gasteiger partial charge in [0.25, 0.3) is 0 Å². The second-order valence-electron chi connectivity index (χ2n) is 10.8. The van der Waals surface area contributed by atoms with Gasteiger partial charge in [-0.3, -0.25) is 0 Å². The van der Waals surface area contributed by atoms with Crippen LogP contribution in [0.1, 0.15) is 117 Å². The van der Waals surface area contributed by atoms with E-state index >= 15 is 0 Å². The van der Waals surface area contributed by atoms with Crippen LogP contribution in [0.25, 0.3) is 21.5 Å². The van der Waals surface area contributed by atoms with E-state index < -0.39 is 0 Å². The molecule has 3 rings (SSSR count). The van der Waals surface area contributed by atoms with Gasteiger partial charge in [0.15, 0.2) is 11.5 Å². The Balaban J connectivity index is 1.60. The number of benzene rings is 3. The molecule has 0 N–H and O–H groups in total. The number of hydrogen-bond acceptors (Lipinski definition) is 2. The van der Waals surface area contributed by atoms with E-state index in [1.54, 1.807) is 0 Å². The third-order valence-corrected chi connectivity index (χ3v) is 8.13. The van der Waals surface area contributed by atoms with Crippen LogP contribution in [0.15, 0.2) is 36.4 Å². The SMILES string of the molecule is CCCCCCCCCCOc1cc2cc3cc(Cl)c(Cl)cc3cc2cc1OCCCCCCCCCC. The van der Waals surface area contributed by atoms with Gasteiger partial charge in [0.1, 0.15) is 0 Å². The summed E-state index contributed by atoms with van der Waals surface area (Å²) in [5.74, 6) is 1.69. The van der Waals surface area contributed by atoms with Crippen LogP contribution in [0.4, 0.5) is 0 Å². The molecule has 0 saturated carbocycles. The highest BCUT2D eigenvalue weighted by atomic mass is 35.5. The van der Waals surface area contributed by atoms with E-state index in [2.05, 4.69) is 38.1 Å². The molecule has 0 saturated heterocycles. The van der Waals surface area contributed by atoms with Gasteiger partial charge < -0.3 is 9.47 Å². The maximum atomic E-state index is 6.31. The van der Waals surface area contributed by atoms with E-state index in [1.807, 2.05) is 12.1 Å². The zero-order valence-electron chi connectivity index (χ0n) is 23.8. The second kappa shape index (κ2) is 17.9. The maximum absolute atomic E-state index is 6.31. The summed E-state index contributed by atoms with van der Waals surface area (Å²) in [6, 6.07) is 12.5. The van der Waals surface area contributed by atoms with Crippen molar-refractivity contribution in [2.24, 2.45) is 0 Å². The molecule has 0 amide bonds. The Kier molecular flexibility index (Phi) is 14.5. The second-order valence-corrected chi connectivity index (χ2v) is 11.6. The Morgan fingerprint density at radius 1 is 0.421 bits per heavy atom. The molecule has 0 aliphatic heterocycles. The lowest BCUT2D eigenvalue weighted by Crippen LogP contribution is -2.03. The van der Waals surface area contributed by atoms with E-state index in [1.165, 1.54) is 89.9 Å². The summed E-state index contributed by atoms with van der Waals surface area (Å²) < 4.78 is 12.6. The van der Waals surface area contributed by atoms with Crippen LogP contribution in [0, 0.1) is 0 Å². The molecule has 0 heterocycles. The van der Waals surface area contributed by atoms with Crippen molar-refractivity contribution in [2.45, 2.75) is 117 Å². The molecule has 3 aromatic carbocycles. The summed E-state index contributed by atoms with van der Waals surface area (Å²) >= 11 is 12.6. The minimum Gasteiger partial charge on any atom is -0.490 e. The van der Waals surface area contributed by atoms with Gasteiger partial charge in [-0.2, -0.15) is 0 Å². The maximum Gasteiger partial charge on any atom is 0.161 e. The fourth-order valence-corrected chi connectivity index (χ4v) is 5.41. The smallest absolute Gasteiger partial charge is 0.161 e. The number of ether oxygens (including phenoxy) is 2. The molecule has 38 heavy (non-hydrogen) atoms. The first-order valence-electron chi connectivity index (χ1n) is 15.2. The fraction of sp³-hybridized carbons (Fsp3) is 0.588. The van der Waals surface area contributed by atoms with Crippen LogP contribution >= 0.6 is 23.2 Å². The summed E-state index contributed by atoms with van der Waals surface area (Å²) in [6.45, 7) is 5.99. The lowest BCUT2D eigenvalue weighted by Gasteiger charge is -2.15. The van der Waals surface area contributed by atoms with Crippen LogP contribution in [0.5, 0.6) is 11.5 Å². The van der Waals surface area contributed by atoms with Gasteiger partial charge in [0.05, 0.1) is 23.3 Å². The number of halogens is 2. The Labute approximate surface area is 241 Å². The first-order valence-corrected chi connectivity index (χ1v) is 16.0. The third kappa shape index (κ3) is 10.5. The highest BCUT2D eigenvalue weighted by molar-refractivity contribution is 6.42. The molecule has 0 aliphatic rings. The number of fused-ring (bicyclic) bond motifs is 2. The van der Waals surface area contributed by atoms with Gasteiger partial charge in [-0.25, -0.2) is 0 Å². The third-order valence-electron chi connectivity index (χ3n) is 7.41. The van der Waals surface area contributed by atoms with Crippen molar-refractivity contribution < 1.29 is 9.47 Å². The van der Waals surface area contributed by atoms with E-state index in [0.29, 0.717) is 10.0 Å². The lowest BCUT2D eigenvalue weighted by atomic mass is 10.0. The van der Waals surface area contributed by atoms with Crippen molar-refractivity contribution in [3.63, 3.8) is 0 Å². The van der Waals surface area contributed by atoms with E-state index in [-0.39, 0.29) is 0 Å². The Morgan fingerprint density at radius 3 is 1.11 bits per heavy atom. The number of hydrogen-bond donors (Lipinski definition) is 0. The molecule has 0 fully saturated rings. The summed E-state index contributed by atoms with van der Waals surface area (Å²) in [7, 11) is 0. The zero-order valence-corrected chi connectivity index (χ0v) is 25.3. The highest BCUT2D eigenvalue weighted by Crippen LogP contribution is 2.37. The highest BCUT2D eigenvalue weighted by Gasteiger charge is 2.11. The van der Waals surface area contributed by atoms with Gasteiger partial charge in [-0.05, 0) is 70.8 Å². The van der Waals surface area contributed by atoms with Gasteiger partial charge in [-0.15, -0.1) is 0 Å². The van der Waals surface area contributed by atoms with Crippen molar-refractivity contribution in [1.29, 1.82) is 0 Å². The van der Waals surface area contributed by atoms with Crippen molar-refractivity contribution in [1.82, 2.24) is 0 Å². The molecule has 0 bridgehead atoms. The summed E-state index contributed by atoms with van der Waals surface area (Å²) in [5.41, 5.74) is 0. The van der Waals surface area contributed by atoms with Gasteiger partial charge in [0.2, 0.25) is 0 Å². The van der Waals surface area contributed by atoms with Crippen LogP contribution in [0.2, 0.25) is 10.0 Å². The van der Waals surface area contributed by atoms with E-state index in [0.717, 1.165) is 59.1 Å². The standard InChI is InChI=1S/C34H48Cl2O2/c1-3-5-7-9-11-13-15-17-19-37-33-25-29-21-27-23-31(35)32(36)24-28(27)22-30(29)26-34(33)38-20-18-16-14-12-10-8-6-4-2/h21-26H,3-20H2,1-2H3. The topological polar surface area (TPSA) is 18.5 Å². The fourth-order valence-electron chi connectivity index (χ4n) is 5.07. The monoisotopic (exact) mass is 558 g/mol. The van der Waals surface area contributed by atoms with E-state index in [4.69, 9.17) is 32.7 Å². The summed E-state index contributed by atoms with van der Waals surface area (Å²) in [5, 5.41) is 5.56. The normalized spacial score (nSPS) is 11.5. The predicted molar refractivity (Wildman–Crippen MR) is 168 cm³/mol. The molecule has 4 heteroatoms. The van der Waals surface area contributed by atoms with Gasteiger partial charge in [0, 0.05) is 0 Å². The minimum atomic E-state index is 0.579. The molecule has 2 nitrogen and oxygen atoms in total. The van der Waals surface area contributed by atoms with Crippen molar-refractivity contribution >= 4 is 44.7 Å². The van der Waals surface area contributed by atoms with Gasteiger partial charge >= 0.3 is 0 Å². The minimum absolute atomic E-state index is 0.579. The summed E-state index contributed by atoms with van der Waals surface area (Å²) in [4.78, 5) is 0. The molecule has 0 aromatic heterocycles. The van der Waals surface area contributed by atoms with Crippen molar-refractivity contribution in [3.8, 4) is 11.5 Å². The van der Waals surface area contributed by atoms with Crippen molar-refractivity contribution in [3.05, 3.63) is 46.4 Å². The Morgan fingerprint density at radius 2 is 0.737 bits per heavy atom. The first kappa shape index (κ1) is 30.9. The van der Waals surface area contributed by atoms with Crippen LogP contribution in [-0.2, 0) is 0 Å². The van der Waals surface area contributed by atoms with Gasteiger partial charge in [-0.1, -0.05) is 127 Å². The van der Waals surface area contributed by atoms with E-state index in [9.17, 15) is 0 Å². The molecule has 0 radical (unpaired) electrons. The predicted octanol–water partition coefficient (Wildman–Crippen LogP) is 12.3. The van der Waals surface area contributed by atoms with Crippen molar-refractivity contribution in [2.75, 3.05) is 13.2 Å². The summed E-state index contributed by atoms with van der Waals surface area (Å²) in [6.07, 6.45) is 20.7. The average molecular weight is 560 g/mol. The lowest BCUT2D eigenvalue weighted by molar-refractivity contribution is 0.259.